The molecule has 0 bridgehead atoms. The number of hydrogen-bond acceptors (Lipinski definition) is 4. The van der Waals surface area contributed by atoms with Crippen LogP contribution in [-0.4, -0.2) is 71.2 Å². The van der Waals surface area contributed by atoms with Crippen molar-refractivity contribution in [2.75, 3.05) is 39.3 Å². The lowest BCUT2D eigenvalue weighted by molar-refractivity contribution is -0.151. The summed E-state index contributed by atoms with van der Waals surface area (Å²) in [7, 11) is 0. The second-order valence-corrected chi connectivity index (χ2v) is 19.1. The van der Waals surface area contributed by atoms with Crippen LogP contribution in [0.15, 0.2) is 0 Å². The number of hydrogen-bond donors (Lipinski definition) is 2. The van der Waals surface area contributed by atoms with Crippen molar-refractivity contribution in [3.8, 4) is 0 Å². The quantitative estimate of drug-likeness (QED) is 0.0594. The van der Waals surface area contributed by atoms with Crippen LogP contribution in [0.1, 0.15) is 279 Å². The average Bonchev–Trinajstić information content (AvgIpc) is 3.23. The van der Waals surface area contributed by atoms with Crippen LogP contribution < -0.4 is 0 Å². The summed E-state index contributed by atoms with van der Waals surface area (Å²) in [5, 5.41) is 20.9. The molecule has 2 atom stereocenters. The minimum absolute atomic E-state index is 0.499. The van der Waals surface area contributed by atoms with Gasteiger partial charge in [0.2, 0.25) is 0 Å². The van der Waals surface area contributed by atoms with Crippen LogP contribution in [0.25, 0.3) is 0 Å². The van der Waals surface area contributed by atoms with Gasteiger partial charge in [0.1, 0.15) is 0 Å². The molecule has 0 amide bonds. The lowest BCUT2D eigenvalue weighted by atomic mass is 9.74. The number of carboxylic acids is 2. The lowest BCUT2D eigenvalue weighted by Crippen LogP contribution is -2.31. The molecule has 6 heteroatoms. The molecule has 0 aliphatic rings. The number of carboxylic acid groups (broad SMARTS) is 2. The van der Waals surface area contributed by atoms with E-state index in [0.717, 1.165) is 90.1 Å². The maximum atomic E-state index is 12.7. The fraction of sp³-hybridized carbons (Fsp3) is 0.962. The van der Waals surface area contributed by atoms with Crippen molar-refractivity contribution in [1.82, 2.24) is 9.80 Å². The SMILES string of the molecule is CCCCCCCCC(CCCCCC)(CCCCCCCN(CC)CCCN(CC)CCCCCCCC(CCCCCC)(CCCCCCCC)C(=O)O)C(=O)O. The van der Waals surface area contributed by atoms with E-state index < -0.39 is 22.8 Å². The van der Waals surface area contributed by atoms with Crippen LogP contribution in [-0.2, 0) is 9.59 Å². The summed E-state index contributed by atoms with van der Waals surface area (Å²) in [6, 6.07) is 0. The Morgan fingerprint density at radius 2 is 0.508 bits per heavy atom. The number of unbranched alkanes of at least 4 members (excludes halogenated alkanes) is 24. The van der Waals surface area contributed by atoms with E-state index in [2.05, 4.69) is 51.3 Å². The fourth-order valence-corrected chi connectivity index (χ4v) is 9.69. The molecule has 0 saturated carbocycles. The largest absolute Gasteiger partial charge is 0.481 e. The van der Waals surface area contributed by atoms with Crippen molar-refractivity contribution in [2.45, 2.75) is 279 Å². The van der Waals surface area contributed by atoms with Gasteiger partial charge in [-0.3, -0.25) is 9.59 Å². The minimum Gasteiger partial charge on any atom is -0.481 e. The zero-order valence-electron chi connectivity index (χ0n) is 41.0. The molecule has 2 N–H and O–H groups in total. The molecule has 0 radical (unpaired) electrons. The summed E-state index contributed by atoms with van der Waals surface area (Å²) in [5.41, 5.74) is -0.999. The highest BCUT2D eigenvalue weighted by atomic mass is 16.4. The molecule has 0 aromatic rings. The van der Waals surface area contributed by atoms with Crippen molar-refractivity contribution in [3.63, 3.8) is 0 Å². The first kappa shape index (κ1) is 57.9. The first-order valence-electron chi connectivity index (χ1n) is 26.6. The van der Waals surface area contributed by atoms with E-state index in [1.165, 1.54) is 187 Å². The van der Waals surface area contributed by atoms with Crippen molar-refractivity contribution in [1.29, 1.82) is 0 Å². The molecule has 0 saturated heterocycles. The van der Waals surface area contributed by atoms with Crippen LogP contribution in [0, 0.1) is 10.8 Å². The van der Waals surface area contributed by atoms with E-state index in [1.54, 1.807) is 0 Å². The molecular weight excluding hydrogens is 729 g/mol. The predicted molar refractivity (Wildman–Crippen MR) is 258 cm³/mol. The van der Waals surface area contributed by atoms with Gasteiger partial charge in [-0.15, -0.1) is 0 Å². The Morgan fingerprint density at radius 1 is 0.305 bits per heavy atom. The Bertz CT molecular complexity index is 857. The van der Waals surface area contributed by atoms with Crippen LogP contribution in [0.2, 0.25) is 0 Å². The molecule has 0 aliphatic carbocycles. The van der Waals surface area contributed by atoms with Gasteiger partial charge in [-0.1, -0.05) is 221 Å². The highest BCUT2D eigenvalue weighted by Gasteiger charge is 2.37. The molecule has 0 aromatic carbocycles. The van der Waals surface area contributed by atoms with E-state index in [-0.39, 0.29) is 0 Å². The smallest absolute Gasteiger partial charge is 0.309 e. The van der Waals surface area contributed by atoms with E-state index in [1.807, 2.05) is 0 Å². The van der Waals surface area contributed by atoms with Crippen molar-refractivity contribution in [2.24, 2.45) is 10.8 Å². The van der Waals surface area contributed by atoms with Crippen molar-refractivity contribution < 1.29 is 19.8 Å². The summed E-state index contributed by atoms with van der Waals surface area (Å²) >= 11 is 0. The van der Waals surface area contributed by atoms with Gasteiger partial charge in [0, 0.05) is 0 Å². The van der Waals surface area contributed by atoms with Gasteiger partial charge >= 0.3 is 11.9 Å². The van der Waals surface area contributed by atoms with Gasteiger partial charge in [0.25, 0.3) is 0 Å². The van der Waals surface area contributed by atoms with Crippen LogP contribution >= 0.6 is 0 Å². The minimum atomic E-state index is -0.527. The zero-order chi connectivity index (χ0) is 43.7. The average molecular weight is 835 g/mol. The molecule has 0 heterocycles. The molecule has 2 unspecified atom stereocenters. The van der Waals surface area contributed by atoms with Crippen molar-refractivity contribution in [3.05, 3.63) is 0 Å². The number of rotatable bonds is 48. The van der Waals surface area contributed by atoms with Crippen molar-refractivity contribution >= 4 is 11.9 Å². The Hall–Kier alpha value is -1.14. The van der Waals surface area contributed by atoms with E-state index >= 15 is 0 Å². The highest BCUT2D eigenvalue weighted by Crippen LogP contribution is 2.39. The second-order valence-electron chi connectivity index (χ2n) is 19.1. The summed E-state index contributed by atoms with van der Waals surface area (Å²) in [6.45, 7) is 20.5. The molecular formula is C53H106N2O4. The molecule has 0 fully saturated rings. The number of aliphatic carboxylic acids is 2. The number of nitrogens with zero attached hydrogens (tertiary/aromatic N) is 2. The van der Waals surface area contributed by atoms with Gasteiger partial charge in [-0.05, 0) is 97.1 Å². The van der Waals surface area contributed by atoms with Gasteiger partial charge < -0.3 is 20.0 Å². The third-order valence-corrected chi connectivity index (χ3v) is 14.0. The maximum Gasteiger partial charge on any atom is 0.309 e. The van der Waals surface area contributed by atoms with Gasteiger partial charge in [-0.2, -0.15) is 0 Å². The molecule has 0 aromatic heterocycles. The highest BCUT2D eigenvalue weighted by molar-refractivity contribution is 5.75. The summed E-state index contributed by atoms with van der Waals surface area (Å²) < 4.78 is 0. The lowest BCUT2D eigenvalue weighted by Gasteiger charge is -2.30. The van der Waals surface area contributed by atoms with E-state index in [0.29, 0.717) is 0 Å². The van der Waals surface area contributed by atoms with E-state index in [9.17, 15) is 19.8 Å². The fourth-order valence-electron chi connectivity index (χ4n) is 9.69. The summed E-state index contributed by atoms with van der Waals surface area (Å²) in [5.74, 6) is -1.05. The first-order valence-corrected chi connectivity index (χ1v) is 26.6. The zero-order valence-corrected chi connectivity index (χ0v) is 41.0. The molecule has 59 heavy (non-hydrogen) atoms. The molecule has 0 rings (SSSR count). The standard InChI is InChI=1S/C53H106N2O4/c1-7-13-17-21-25-33-42-52(50(56)57,40-31-19-15-9-3)44-35-27-23-29-37-46-54(11-5)48-39-49-55(12-6)47-38-30-24-28-36-45-53(51(58)59,41-32-20-16-10-4)43-34-26-22-18-14-8-2/h7-49H2,1-6H3,(H,56,57)(H,58,59). The Labute approximate surface area is 369 Å². The summed E-state index contributed by atoms with van der Waals surface area (Å²) in [6.07, 6.45) is 42.4. The van der Waals surface area contributed by atoms with Gasteiger partial charge in [0.15, 0.2) is 0 Å². The number of carbonyl (C=O) groups is 2. The third kappa shape index (κ3) is 30.5. The van der Waals surface area contributed by atoms with Crippen LogP contribution in [0.5, 0.6) is 0 Å². The van der Waals surface area contributed by atoms with Crippen LogP contribution in [0.4, 0.5) is 0 Å². The Balaban J connectivity index is 4.49. The molecule has 6 nitrogen and oxygen atoms in total. The predicted octanol–water partition coefficient (Wildman–Crippen LogP) is 16.3. The second kappa shape index (κ2) is 40.9. The van der Waals surface area contributed by atoms with Crippen LogP contribution in [0.3, 0.4) is 0 Å². The van der Waals surface area contributed by atoms with Gasteiger partial charge in [0.05, 0.1) is 10.8 Å². The molecule has 352 valence electrons. The third-order valence-electron chi connectivity index (χ3n) is 14.0. The Morgan fingerprint density at radius 3 is 0.746 bits per heavy atom. The monoisotopic (exact) mass is 835 g/mol. The Kier molecular flexibility index (Phi) is 40.1. The first-order chi connectivity index (χ1) is 28.7. The molecule has 0 spiro atoms. The maximum absolute atomic E-state index is 12.7. The topological polar surface area (TPSA) is 81.1 Å². The van der Waals surface area contributed by atoms with Gasteiger partial charge in [-0.25, -0.2) is 0 Å². The summed E-state index contributed by atoms with van der Waals surface area (Å²) in [4.78, 5) is 30.6. The van der Waals surface area contributed by atoms with E-state index in [4.69, 9.17) is 0 Å². The molecule has 0 aliphatic heterocycles. The normalized spacial score (nSPS) is 14.0.